The Balaban J connectivity index is 2.42. The molecule has 0 aromatic rings. The van der Waals surface area contributed by atoms with Gasteiger partial charge in [0.25, 0.3) is 0 Å². The SMILES string of the molecule is CC(C)C(CNC(=O)OC(C)(C)C)NC1CCCCCCC1. The molecule has 0 aromatic heterocycles. The minimum atomic E-state index is -0.440. The summed E-state index contributed by atoms with van der Waals surface area (Å²) in [4.78, 5) is 11.8. The molecule has 1 fully saturated rings. The summed E-state index contributed by atoms with van der Waals surface area (Å²) in [6.07, 6.45) is 8.95. The van der Waals surface area contributed by atoms with Gasteiger partial charge in [-0.2, -0.15) is 0 Å². The number of hydrogen-bond donors (Lipinski definition) is 2. The summed E-state index contributed by atoms with van der Waals surface area (Å²) < 4.78 is 5.32. The second-order valence-corrected chi connectivity index (χ2v) is 7.94. The summed E-state index contributed by atoms with van der Waals surface area (Å²) in [7, 11) is 0. The third-order valence-electron chi connectivity index (χ3n) is 4.22. The Labute approximate surface area is 136 Å². The molecule has 0 radical (unpaired) electrons. The van der Waals surface area contributed by atoms with Crippen molar-refractivity contribution in [2.24, 2.45) is 5.92 Å². The Morgan fingerprint density at radius 2 is 1.64 bits per heavy atom. The van der Waals surface area contributed by atoms with E-state index in [9.17, 15) is 4.79 Å². The van der Waals surface area contributed by atoms with E-state index in [1.165, 1.54) is 44.9 Å². The number of ether oxygens (including phenoxy) is 1. The van der Waals surface area contributed by atoms with Gasteiger partial charge in [-0.3, -0.25) is 0 Å². The first kappa shape index (κ1) is 19.3. The lowest BCUT2D eigenvalue weighted by Gasteiger charge is -2.30. The highest BCUT2D eigenvalue weighted by Crippen LogP contribution is 2.18. The standard InChI is InChI=1S/C18H36N2O2/c1-14(2)16(13-19-17(21)22-18(3,4)5)20-15-11-9-7-6-8-10-12-15/h14-16,20H,6-13H2,1-5H3,(H,19,21). The number of alkyl carbamates (subject to hydrolysis) is 1. The monoisotopic (exact) mass is 312 g/mol. The van der Waals surface area contributed by atoms with E-state index in [-0.39, 0.29) is 6.09 Å². The van der Waals surface area contributed by atoms with Crippen molar-refractivity contribution < 1.29 is 9.53 Å². The van der Waals surface area contributed by atoms with Gasteiger partial charge in [0.1, 0.15) is 5.60 Å². The smallest absolute Gasteiger partial charge is 0.407 e. The van der Waals surface area contributed by atoms with Crippen LogP contribution in [0.1, 0.15) is 79.6 Å². The molecule has 0 aromatic carbocycles. The molecule has 22 heavy (non-hydrogen) atoms. The van der Waals surface area contributed by atoms with E-state index in [4.69, 9.17) is 4.74 Å². The van der Waals surface area contributed by atoms with E-state index in [1.54, 1.807) is 0 Å². The highest BCUT2D eigenvalue weighted by Gasteiger charge is 2.21. The summed E-state index contributed by atoms with van der Waals surface area (Å²) in [5, 5.41) is 6.69. The van der Waals surface area contributed by atoms with Gasteiger partial charge in [0.2, 0.25) is 0 Å². The summed E-state index contributed by atoms with van der Waals surface area (Å²) in [5.74, 6) is 0.486. The largest absolute Gasteiger partial charge is 0.444 e. The van der Waals surface area contributed by atoms with Crippen molar-refractivity contribution in [3.8, 4) is 0 Å². The Kier molecular flexibility index (Phi) is 8.23. The van der Waals surface area contributed by atoms with Gasteiger partial charge in [0.15, 0.2) is 0 Å². The zero-order chi connectivity index (χ0) is 16.6. The minimum Gasteiger partial charge on any atom is -0.444 e. The lowest BCUT2D eigenvalue weighted by Crippen LogP contribution is -2.49. The van der Waals surface area contributed by atoms with Gasteiger partial charge >= 0.3 is 6.09 Å². The molecule has 1 rings (SSSR count). The number of rotatable bonds is 5. The molecule has 4 nitrogen and oxygen atoms in total. The number of nitrogens with one attached hydrogen (secondary N) is 2. The first-order valence-electron chi connectivity index (χ1n) is 9.01. The predicted octanol–water partition coefficient (Wildman–Crippen LogP) is 4.24. The van der Waals surface area contributed by atoms with Gasteiger partial charge in [-0.1, -0.05) is 46.0 Å². The van der Waals surface area contributed by atoms with Crippen LogP contribution in [0.4, 0.5) is 4.79 Å². The topological polar surface area (TPSA) is 50.4 Å². The van der Waals surface area contributed by atoms with Gasteiger partial charge in [0, 0.05) is 18.6 Å². The van der Waals surface area contributed by atoms with Crippen molar-refractivity contribution in [3.05, 3.63) is 0 Å². The molecule has 1 aliphatic rings. The van der Waals surface area contributed by atoms with Crippen LogP contribution in [-0.2, 0) is 4.74 Å². The maximum absolute atomic E-state index is 11.8. The van der Waals surface area contributed by atoms with Crippen molar-refractivity contribution in [1.82, 2.24) is 10.6 Å². The molecule has 1 atom stereocenters. The van der Waals surface area contributed by atoms with Crippen molar-refractivity contribution in [3.63, 3.8) is 0 Å². The molecule has 1 aliphatic carbocycles. The highest BCUT2D eigenvalue weighted by atomic mass is 16.6. The Bertz CT molecular complexity index is 316. The number of hydrogen-bond acceptors (Lipinski definition) is 3. The molecule has 130 valence electrons. The van der Waals surface area contributed by atoms with E-state index < -0.39 is 5.60 Å². The van der Waals surface area contributed by atoms with E-state index in [0.717, 1.165) is 0 Å². The Hall–Kier alpha value is -0.770. The van der Waals surface area contributed by atoms with E-state index in [1.807, 2.05) is 20.8 Å². The number of carbonyl (C=O) groups is 1. The van der Waals surface area contributed by atoms with Gasteiger partial charge in [-0.05, 0) is 39.5 Å². The van der Waals surface area contributed by atoms with Gasteiger partial charge in [0.05, 0.1) is 0 Å². The summed E-state index contributed by atoms with van der Waals surface area (Å²) >= 11 is 0. The molecule has 0 bridgehead atoms. The van der Waals surface area contributed by atoms with Crippen LogP contribution in [-0.4, -0.2) is 30.3 Å². The molecule has 1 unspecified atom stereocenters. The van der Waals surface area contributed by atoms with E-state index in [0.29, 0.717) is 24.5 Å². The molecule has 0 saturated heterocycles. The van der Waals surface area contributed by atoms with Crippen molar-refractivity contribution in [2.45, 2.75) is 97.2 Å². The fraction of sp³-hybridized carbons (Fsp3) is 0.944. The molecule has 1 amide bonds. The Morgan fingerprint density at radius 1 is 1.09 bits per heavy atom. The summed E-state index contributed by atoms with van der Waals surface area (Å²) in [6.45, 7) is 10.7. The van der Waals surface area contributed by atoms with Crippen LogP contribution in [0.15, 0.2) is 0 Å². The zero-order valence-electron chi connectivity index (χ0n) is 15.2. The van der Waals surface area contributed by atoms with Crippen LogP contribution in [0.3, 0.4) is 0 Å². The van der Waals surface area contributed by atoms with Crippen molar-refractivity contribution >= 4 is 6.09 Å². The van der Waals surface area contributed by atoms with Crippen LogP contribution in [0, 0.1) is 5.92 Å². The number of amides is 1. The second kappa shape index (κ2) is 9.39. The molecule has 0 aliphatic heterocycles. The van der Waals surface area contributed by atoms with Crippen molar-refractivity contribution in [2.75, 3.05) is 6.54 Å². The van der Waals surface area contributed by atoms with Crippen molar-refractivity contribution in [1.29, 1.82) is 0 Å². The lowest BCUT2D eigenvalue weighted by atomic mass is 9.94. The molecule has 1 saturated carbocycles. The average Bonchev–Trinajstić information content (AvgIpc) is 2.33. The highest BCUT2D eigenvalue weighted by molar-refractivity contribution is 5.67. The zero-order valence-corrected chi connectivity index (χ0v) is 15.2. The molecule has 0 heterocycles. The fourth-order valence-electron chi connectivity index (χ4n) is 2.92. The fourth-order valence-corrected chi connectivity index (χ4v) is 2.92. The second-order valence-electron chi connectivity index (χ2n) is 7.94. The van der Waals surface area contributed by atoms with E-state index >= 15 is 0 Å². The van der Waals surface area contributed by atoms with Crippen LogP contribution >= 0.6 is 0 Å². The first-order valence-corrected chi connectivity index (χ1v) is 9.01. The summed E-state index contributed by atoms with van der Waals surface area (Å²) in [5.41, 5.74) is -0.440. The third-order valence-corrected chi connectivity index (χ3v) is 4.22. The van der Waals surface area contributed by atoms with Crippen LogP contribution in [0.5, 0.6) is 0 Å². The van der Waals surface area contributed by atoms with Gasteiger partial charge < -0.3 is 15.4 Å². The van der Waals surface area contributed by atoms with Crippen LogP contribution in [0.2, 0.25) is 0 Å². The molecular formula is C18H36N2O2. The third kappa shape index (κ3) is 8.62. The molecule has 0 spiro atoms. The summed E-state index contributed by atoms with van der Waals surface area (Å²) in [6, 6.07) is 0.894. The molecular weight excluding hydrogens is 276 g/mol. The minimum absolute atomic E-state index is 0.303. The Morgan fingerprint density at radius 3 is 2.14 bits per heavy atom. The van der Waals surface area contributed by atoms with Crippen LogP contribution < -0.4 is 10.6 Å². The van der Waals surface area contributed by atoms with Gasteiger partial charge in [-0.15, -0.1) is 0 Å². The average molecular weight is 312 g/mol. The van der Waals surface area contributed by atoms with Crippen LogP contribution in [0.25, 0.3) is 0 Å². The maximum Gasteiger partial charge on any atom is 0.407 e. The first-order chi connectivity index (χ1) is 10.3. The quantitative estimate of drug-likeness (QED) is 0.798. The lowest BCUT2D eigenvalue weighted by molar-refractivity contribution is 0.0518. The van der Waals surface area contributed by atoms with Gasteiger partial charge in [-0.25, -0.2) is 4.79 Å². The van der Waals surface area contributed by atoms with E-state index in [2.05, 4.69) is 24.5 Å². The molecule has 4 heteroatoms. The maximum atomic E-state index is 11.8. The normalized spacial score (nSPS) is 19.4. The number of carbonyl (C=O) groups excluding carboxylic acids is 1. The molecule has 2 N–H and O–H groups in total. The predicted molar refractivity (Wildman–Crippen MR) is 92.1 cm³/mol.